The van der Waals surface area contributed by atoms with Crippen LogP contribution in [-0.2, 0) is 7.05 Å². The number of ether oxygens (including phenoxy) is 2. The predicted octanol–water partition coefficient (Wildman–Crippen LogP) is 3.48. The minimum atomic E-state index is -0.948. The van der Waals surface area contributed by atoms with E-state index in [1.54, 1.807) is 87.0 Å². The summed E-state index contributed by atoms with van der Waals surface area (Å²) in [5.74, 6) is -0.375. The van der Waals surface area contributed by atoms with Gasteiger partial charge in [0.2, 0.25) is 5.96 Å². The fourth-order valence-electron chi connectivity index (χ4n) is 3.72. The van der Waals surface area contributed by atoms with E-state index in [1.165, 1.54) is 11.6 Å². The summed E-state index contributed by atoms with van der Waals surface area (Å²) in [6.45, 7) is 0. The maximum atomic E-state index is 13.0. The number of carbonyl (C=O) groups is 1. The van der Waals surface area contributed by atoms with Crippen molar-refractivity contribution < 1.29 is 19.4 Å². The largest absolute Gasteiger partial charge is 0.506 e. The van der Waals surface area contributed by atoms with Crippen molar-refractivity contribution in [2.75, 3.05) is 19.5 Å². The summed E-state index contributed by atoms with van der Waals surface area (Å²) in [5, 5.41) is 24.8. The summed E-state index contributed by atoms with van der Waals surface area (Å²) >= 11 is 0. The Morgan fingerprint density at radius 3 is 2.16 bits per heavy atom. The lowest BCUT2D eigenvalue weighted by molar-refractivity contribution is 0.0972. The van der Waals surface area contributed by atoms with Gasteiger partial charge in [-0.1, -0.05) is 12.1 Å². The highest BCUT2D eigenvalue weighted by atomic mass is 16.5. The maximum Gasteiger partial charge on any atom is 0.267 e. The molecule has 0 spiro atoms. The van der Waals surface area contributed by atoms with Gasteiger partial charge in [0.1, 0.15) is 28.6 Å². The highest BCUT2D eigenvalue weighted by Gasteiger charge is 2.22. The number of aliphatic imine (C=N–C) groups is 1. The van der Waals surface area contributed by atoms with Crippen LogP contribution in [0.25, 0.3) is 10.9 Å². The number of aromatic hydroxyl groups is 1. The molecule has 0 saturated carbocycles. The van der Waals surface area contributed by atoms with Crippen LogP contribution in [0, 0.1) is 5.41 Å². The van der Waals surface area contributed by atoms with Crippen LogP contribution >= 0.6 is 0 Å². The quantitative estimate of drug-likeness (QED) is 0.245. The monoisotopic (exact) mass is 499 g/mol. The van der Waals surface area contributed by atoms with Crippen LogP contribution in [0.5, 0.6) is 17.2 Å². The van der Waals surface area contributed by atoms with E-state index in [1.807, 2.05) is 0 Å². The molecule has 0 radical (unpaired) electrons. The molecule has 0 unspecified atom stereocenters. The normalized spacial score (nSPS) is 11.2. The van der Waals surface area contributed by atoms with Crippen molar-refractivity contribution in [1.29, 1.82) is 5.41 Å². The van der Waals surface area contributed by atoms with E-state index < -0.39 is 28.7 Å². The van der Waals surface area contributed by atoms with Crippen molar-refractivity contribution in [3.05, 3.63) is 94.3 Å². The van der Waals surface area contributed by atoms with Crippen molar-refractivity contribution in [2.45, 2.75) is 0 Å². The summed E-state index contributed by atoms with van der Waals surface area (Å²) in [6, 6.07) is 20.7. The highest BCUT2D eigenvalue weighted by Crippen LogP contribution is 2.25. The third kappa shape index (κ3) is 5.27. The molecule has 4 N–H and O–H groups in total. The first-order valence-corrected chi connectivity index (χ1v) is 11.2. The molecule has 0 aliphatic carbocycles. The number of hydrogen-bond acceptors (Lipinski definition) is 6. The SMILES string of the molecule is COc1ccc(N/C(=N\C(=N)NC(=O)c2c(O)c3ccccc3n(C)c2=O)c2ccc(OC)cc2)cc1. The minimum absolute atomic E-state index is 0.258. The number of benzene rings is 3. The molecule has 1 aromatic heterocycles. The van der Waals surface area contributed by atoms with Gasteiger partial charge in [-0.2, -0.15) is 4.99 Å². The molecule has 10 nitrogen and oxygen atoms in total. The van der Waals surface area contributed by atoms with E-state index in [2.05, 4.69) is 15.6 Å². The van der Waals surface area contributed by atoms with E-state index in [9.17, 15) is 14.7 Å². The molecule has 1 amide bonds. The number of pyridine rings is 1. The molecule has 37 heavy (non-hydrogen) atoms. The lowest BCUT2D eigenvalue weighted by Gasteiger charge is -2.13. The van der Waals surface area contributed by atoms with Gasteiger partial charge >= 0.3 is 0 Å². The van der Waals surface area contributed by atoms with Crippen molar-refractivity contribution >= 4 is 34.3 Å². The minimum Gasteiger partial charge on any atom is -0.506 e. The standard InChI is InChI=1S/C27H25N5O5/c1-32-21-7-5-4-6-20(21)23(33)22(26(32)35)25(34)31-27(28)30-24(16-8-12-18(36-2)13-9-16)29-17-10-14-19(37-3)15-11-17/h4-15,33H,1-3H3,(H3,28,29,30,31,34). The third-order valence-electron chi connectivity index (χ3n) is 5.67. The van der Waals surface area contributed by atoms with Crippen LogP contribution in [0.1, 0.15) is 15.9 Å². The van der Waals surface area contributed by atoms with Gasteiger partial charge in [-0.05, 0) is 60.7 Å². The van der Waals surface area contributed by atoms with Gasteiger partial charge in [0.15, 0.2) is 0 Å². The summed E-state index contributed by atoms with van der Waals surface area (Å²) in [4.78, 5) is 30.0. The highest BCUT2D eigenvalue weighted by molar-refractivity contribution is 6.16. The number of methoxy groups -OCH3 is 2. The number of carbonyl (C=O) groups excluding carboxylic acids is 1. The molecule has 0 aliphatic heterocycles. The van der Waals surface area contributed by atoms with Crippen LogP contribution in [0.15, 0.2) is 82.6 Å². The van der Waals surface area contributed by atoms with Gasteiger partial charge in [0.05, 0.1) is 19.7 Å². The summed E-state index contributed by atoms with van der Waals surface area (Å²) in [6.07, 6.45) is 0. The molecular formula is C27H25N5O5. The van der Waals surface area contributed by atoms with Crippen molar-refractivity contribution in [2.24, 2.45) is 12.0 Å². The first-order chi connectivity index (χ1) is 17.8. The molecule has 0 aliphatic rings. The van der Waals surface area contributed by atoms with Crippen LogP contribution in [0.4, 0.5) is 5.69 Å². The first-order valence-electron chi connectivity index (χ1n) is 11.2. The van der Waals surface area contributed by atoms with E-state index in [-0.39, 0.29) is 5.84 Å². The van der Waals surface area contributed by atoms with Crippen LogP contribution in [-0.4, -0.2) is 41.6 Å². The molecule has 0 fully saturated rings. The fraction of sp³-hybridized carbons (Fsp3) is 0.111. The number of hydrogen-bond donors (Lipinski definition) is 4. The smallest absolute Gasteiger partial charge is 0.267 e. The fourth-order valence-corrected chi connectivity index (χ4v) is 3.72. The number of anilines is 1. The second-order valence-electron chi connectivity index (χ2n) is 7.95. The topological polar surface area (TPSA) is 138 Å². The Bertz CT molecular complexity index is 1560. The molecule has 0 atom stereocenters. The molecule has 3 aromatic carbocycles. The Morgan fingerprint density at radius 1 is 0.946 bits per heavy atom. The zero-order valence-corrected chi connectivity index (χ0v) is 20.4. The Balaban J connectivity index is 1.66. The summed E-state index contributed by atoms with van der Waals surface area (Å²) in [5.41, 5.74) is 0.572. The Hall–Kier alpha value is -5.12. The number of amidine groups is 1. The number of rotatable bonds is 5. The van der Waals surface area contributed by atoms with E-state index in [4.69, 9.17) is 14.9 Å². The van der Waals surface area contributed by atoms with Crippen molar-refractivity contribution in [1.82, 2.24) is 9.88 Å². The van der Waals surface area contributed by atoms with Gasteiger partial charge in [-0.15, -0.1) is 0 Å². The predicted molar refractivity (Wildman–Crippen MR) is 142 cm³/mol. The molecular weight excluding hydrogens is 474 g/mol. The molecule has 0 saturated heterocycles. The lowest BCUT2D eigenvalue weighted by atomic mass is 10.1. The van der Waals surface area contributed by atoms with Crippen LogP contribution in [0.3, 0.4) is 0 Å². The zero-order chi connectivity index (χ0) is 26.5. The van der Waals surface area contributed by atoms with Gasteiger partial charge in [-0.3, -0.25) is 20.3 Å². The Morgan fingerprint density at radius 2 is 1.54 bits per heavy atom. The van der Waals surface area contributed by atoms with E-state index >= 15 is 0 Å². The average Bonchev–Trinajstić information content (AvgIpc) is 2.92. The Labute approximate surface area is 212 Å². The lowest BCUT2D eigenvalue weighted by Crippen LogP contribution is -2.36. The molecule has 188 valence electrons. The maximum absolute atomic E-state index is 13.0. The van der Waals surface area contributed by atoms with Crippen LogP contribution in [0.2, 0.25) is 0 Å². The number of aryl methyl sites for hydroxylation is 1. The summed E-state index contributed by atoms with van der Waals surface area (Å²) < 4.78 is 11.7. The van der Waals surface area contributed by atoms with E-state index in [0.29, 0.717) is 33.7 Å². The van der Waals surface area contributed by atoms with Crippen molar-refractivity contribution in [3.63, 3.8) is 0 Å². The molecule has 0 bridgehead atoms. The van der Waals surface area contributed by atoms with Crippen LogP contribution < -0.4 is 25.7 Å². The number of amides is 1. The second-order valence-corrected chi connectivity index (χ2v) is 7.95. The molecule has 1 heterocycles. The Kier molecular flexibility index (Phi) is 7.19. The van der Waals surface area contributed by atoms with Gasteiger partial charge in [0.25, 0.3) is 11.5 Å². The van der Waals surface area contributed by atoms with Crippen molar-refractivity contribution in [3.8, 4) is 17.2 Å². The van der Waals surface area contributed by atoms with Gasteiger partial charge in [-0.25, -0.2) is 0 Å². The second kappa shape index (κ2) is 10.6. The van der Waals surface area contributed by atoms with Gasteiger partial charge < -0.3 is 24.5 Å². The molecule has 4 rings (SSSR count). The molecule has 4 aromatic rings. The number of fused-ring (bicyclic) bond motifs is 1. The number of nitrogens with zero attached hydrogens (tertiary/aromatic N) is 2. The van der Waals surface area contributed by atoms with E-state index in [0.717, 1.165) is 0 Å². The number of nitrogens with one attached hydrogen (secondary N) is 3. The first kappa shape index (κ1) is 25.0. The summed E-state index contributed by atoms with van der Waals surface area (Å²) in [7, 11) is 4.62. The van der Waals surface area contributed by atoms with Gasteiger partial charge in [0, 0.05) is 23.7 Å². The zero-order valence-electron chi connectivity index (χ0n) is 20.4. The number of guanidine groups is 1. The number of para-hydroxylation sites is 1. The number of aromatic nitrogens is 1. The molecule has 10 heteroatoms. The third-order valence-corrected chi connectivity index (χ3v) is 5.67. The average molecular weight is 500 g/mol.